The second-order valence-electron chi connectivity index (χ2n) is 5.37. The molecule has 2 heterocycles. The molecule has 2 aromatic heterocycles. The fourth-order valence-electron chi connectivity index (χ4n) is 2.56. The quantitative estimate of drug-likeness (QED) is 0.806. The second-order valence-corrected chi connectivity index (χ2v) is 5.37. The van der Waals surface area contributed by atoms with Gasteiger partial charge in [0.1, 0.15) is 11.5 Å². The number of carbonyl (C=O) groups is 1. The Balaban J connectivity index is 1.92. The molecule has 0 fully saturated rings. The monoisotopic (exact) mass is 295 g/mol. The van der Waals surface area contributed by atoms with Crippen molar-refractivity contribution in [2.24, 2.45) is 0 Å². The number of carbonyl (C=O) groups excluding carboxylic acids is 1. The Morgan fingerprint density at radius 3 is 2.77 bits per heavy atom. The van der Waals surface area contributed by atoms with E-state index in [4.69, 9.17) is 0 Å². The summed E-state index contributed by atoms with van der Waals surface area (Å²) >= 11 is 0. The molecule has 3 aromatic rings. The van der Waals surface area contributed by atoms with Crippen LogP contribution in [0.15, 0.2) is 36.8 Å². The minimum absolute atomic E-state index is 0.284. The van der Waals surface area contributed by atoms with Gasteiger partial charge in [0.2, 0.25) is 0 Å². The zero-order valence-corrected chi connectivity index (χ0v) is 12.7. The van der Waals surface area contributed by atoms with Crippen LogP contribution in [0.2, 0.25) is 0 Å². The molecule has 0 aliphatic carbocycles. The summed E-state index contributed by atoms with van der Waals surface area (Å²) in [6, 6.07) is 6.05. The predicted octanol–water partition coefficient (Wildman–Crippen LogP) is 2.97. The van der Waals surface area contributed by atoms with Gasteiger partial charge in [-0.05, 0) is 39.0 Å². The average Bonchev–Trinajstić information content (AvgIpc) is 2.83. The number of aromatic nitrogens is 4. The molecular formula is C16H17N5O. The Morgan fingerprint density at radius 2 is 2.09 bits per heavy atom. The molecule has 0 saturated carbocycles. The van der Waals surface area contributed by atoms with E-state index < -0.39 is 0 Å². The Labute approximate surface area is 128 Å². The van der Waals surface area contributed by atoms with Crippen molar-refractivity contribution in [1.29, 1.82) is 0 Å². The van der Waals surface area contributed by atoms with Crippen LogP contribution in [0, 0.1) is 6.92 Å². The molecule has 0 unspecified atom stereocenters. The number of amides is 1. The maximum absolute atomic E-state index is 12.1. The van der Waals surface area contributed by atoms with Crippen molar-refractivity contribution in [3.8, 4) is 0 Å². The van der Waals surface area contributed by atoms with Gasteiger partial charge in [-0.2, -0.15) is 0 Å². The van der Waals surface area contributed by atoms with Gasteiger partial charge in [0.15, 0.2) is 0 Å². The molecular weight excluding hydrogens is 278 g/mol. The highest BCUT2D eigenvalue weighted by atomic mass is 16.1. The predicted molar refractivity (Wildman–Crippen MR) is 84.8 cm³/mol. The van der Waals surface area contributed by atoms with Gasteiger partial charge in [-0.15, -0.1) is 0 Å². The summed E-state index contributed by atoms with van der Waals surface area (Å²) < 4.78 is 2.17. The number of hydrogen-bond acceptors (Lipinski definition) is 4. The summed E-state index contributed by atoms with van der Waals surface area (Å²) in [5.74, 6) is 0.676. The molecule has 0 spiro atoms. The maximum atomic E-state index is 12.1. The lowest BCUT2D eigenvalue weighted by Gasteiger charge is -2.11. The van der Waals surface area contributed by atoms with Crippen molar-refractivity contribution >= 4 is 22.6 Å². The van der Waals surface area contributed by atoms with Crippen LogP contribution in [0.3, 0.4) is 0 Å². The molecule has 0 bridgehead atoms. The van der Waals surface area contributed by atoms with Crippen LogP contribution in [-0.4, -0.2) is 25.4 Å². The van der Waals surface area contributed by atoms with E-state index in [1.165, 1.54) is 18.6 Å². The van der Waals surface area contributed by atoms with Crippen LogP contribution >= 0.6 is 0 Å². The lowest BCUT2D eigenvalue weighted by molar-refractivity contribution is 0.102. The first-order valence-electron chi connectivity index (χ1n) is 7.12. The summed E-state index contributed by atoms with van der Waals surface area (Å²) in [4.78, 5) is 24.5. The highest BCUT2D eigenvalue weighted by Gasteiger charge is 2.12. The standard InChI is InChI=1S/C16H17N5O/c1-10(2)21-11(3)19-13-8-12(4-5-15(13)21)20-16(22)14-9-17-6-7-18-14/h4-10H,1-3H3,(H,20,22). The molecule has 112 valence electrons. The van der Waals surface area contributed by atoms with Crippen LogP contribution in [0.4, 0.5) is 5.69 Å². The Bertz CT molecular complexity index is 823. The van der Waals surface area contributed by atoms with E-state index in [2.05, 4.69) is 38.7 Å². The number of nitrogens with zero attached hydrogens (tertiary/aromatic N) is 4. The van der Waals surface area contributed by atoms with Gasteiger partial charge < -0.3 is 9.88 Å². The van der Waals surface area contributed by atoms with Gasteiger partial charge in [0, 0.05) is 24.1 Å². The zero-order valence-electron chi connectivity index (χ0n) is 12.7. The molecule has 3 rings (SSSR count). The van der Waals surface area contributed by atoms with E-state index in [1.807, 2.05) is 25.1 Å². The first-order valence-corrected chi connectivity index (χ1v) is 7.12. The summed E-state index contributed by atoms with van der Waals surface area (Å²) in [6.45, 7) is 6.23. The summed E-state index contributed by atoms with van der Waals surface area (Å²) in [7, 11) is 0. The first-order chi connectivity index (χ1) is 10.6. The molecule has 0 atom stereocenters. The molecule has 0 saturated heterocycles. The third kappa shape index (κ3) is 2.55. The van der Waals surface area contributed by atoms with Gasteiger partial charge in [0.05, 0.1) is 17.2 Å². The molecule has 0 aliphatic rings. The van der Waals surface area contributed by atoms with Crippen molar-refractivity contribution in [2.45, 2.75) is 26.8 Å². The van der Waals surface area contributed by atoms with Crippen molar-refractivity contribution in [2.75, 3.05) is 5.32 Å². The topological polar surface area (TPSA) is 72.7 Å². The molecule has 0 aliphatic heterocycles. The number of rotatable bonds is 3. The Hall–Kier alpha value is -2.76. The summed E-state index contributed by atoms with van der Waals surface area (Å²) in [5, 5.41) is 2.82. The lowest BCUT2D eigenvalue weighted by Crippen LogP contribution is -2.13. The van der Waals surface area contributed by atoms with E-state index in [-0.39, 0.29) is 11.6 Å². The highest BCUT2D eigenvalue weighted by molar-refractivity contribution is 6.03. The SMILES string of the molecule is Cc1nc2cc(NC(=O)c3cnccn3)ccc2n1C(C)C. The van der Waals surface area contributed by atoms with Gasteiger partial charge in [-0.25, -0.2) is 9.97 Å². The molecule has 6 nitrogen and oxygen atoms in total. The first kappa shape index (κ1) is 14.2. The van der Waals surface area contributed by atoms with Gasteiger partial charge in [-0.1, -0.05) is 0 Å². The number of benzene rings is 1. The number of aryl methyl sites for hydroxylation is 1. The minimum atomic E-state index is -0.285. The number of anilines is 1. The zero-order chi connectivity index (χ0) is 15.7. The van der Waals surface area contributed by atoms with Crippen LogP contribution < -0.4 is 5.32 Å². The van der Waals surface area contributed by atoms with Crippen LogP contribution in [0.5, 0.6) is 0 Å². The minimum Gasteiger partial charge on any atom is -0.326 e. The van der Waals surface area contributed by atoms with E-state index in [0.29, 0.717) is 11.7 Å². The smallest absolute Gasteiger partial charge is 0.275 e. The van der Waals surface area contributed by atoms with Gasteiger partial charge in [-0.3, -0.25) is 9.78 Å². The number of fused-ring (bicyclic) bond motifs is 1. The normalized spacial score (nSPS) is 11.1. The van der Waals surface area contributed by atoms with Crippen molar-refractivity contribution < 1.29 is 4.79 Å². The van der Waals surface area contributed by atoms with E-state index in [1.54, 1.807) is 0 Å². The number of nitrogens with one attached hydrogen (secondary N) is 1. The Morgan fingerprint density at radius 1 is 1.27 bits per heavy atom. The second kappa shape index (κ2) is 5.55. The van der Waals surface area contributed by atoms with Crippen LogP contribution in [0.1, 0.15) is 36.2 Å². The molecule has 1 aromatic carbocycles. The van der Waals surface area contributed by atoms with E-state index in [9.17, 15) is 4.79 Å². The maximum Gasteiger partial charge on any atom is 0.275 e. The molecule has 1 N–H and O–H groups in total. The molecule has 6 heteroatoms. The van der Waals surface area contributed by atoms with Crippen molar-refractivity contribution in [1.82, 2.24) is 19.5 Å². The summed E-state index contributed by atoms with van der Waals surface area (Å²) in [6.07, 6.45) is 4.46. The van der Waals surface area contributed by atoms with E-state index in [0.717, 1.165) is 16.9 Å². The van der Waals surface area contributed by atoms with Crippen LogP contribution in [-0.2, 0) is 0 Å². The molecule has 1 amide bonds. The summed E-state index contributed by atoms with van der Waals surface area (Å²) in [5.41, 5.74) is 2.90. The van der Waals surface area contributed by atoms with Crippen molar-refractivity contribution in [3.63, 3.8) is 0 Å². The van der Waals surface area contributed by atoms with Crippen LogP contribution in [0.25, 0.3) is 11.0 Å². The van der Waals surface area contributed by atoms with Crippen molar-refractivity contribution in [3.05, 3.63) is 48.3 Å². The number of imidazole rings is 1. The average molecular weight is 295 g/mol. The fraction of sp³-hybridized carbons (Fsp3) is 0.250. The number of hydrogen-bond donors (Lipinski definition) is 1. The Kier molecular flexibility index (Phi) is 3.58. The molecule has 22 heavy (non-hydrogen) atoms. The fourth-order valence-corrected chi connectivity index (χ4v) is 2.56. The third-order valence-corrected chi connectivity index (χ3v) is 3.44. The van der Waals surface area contributed by atoms with E-state index >= 15 is 0 Å². The van der Waals surface area contributed by atoms with Gasteiger partial charge >= 0.3 is 0 Å². The molecule has 0 radical (unpaired) electrons. The lowest BCUT2D eigenvalue weighted by atomic mass is 10.2. The third-order valence-electron chi connectivity index (χ3n) is 3.44. The largest absolute Gasteiger partial charge is 0.326 e. The van der Waals surface area contributed by atoms with Gasteiger partial charge in [0.25, 0.3) is 5.91 Å². The highest BCUT2D eigenvalue weighted by Crippen LogP contribution is 2.23.